The van der Waals surface area contributed by atoms with Gasteiger partial charge in [-0.3, -0.25) is 4.99 Å². The predicted octanol–water partition coefficient (Wildman–Crippen LogP) is 3.22. The first kappa shape index (κ1) is 12.3. The number of benzene rings is 1. The second-order valence-corrected chi connectivity index (χ2v) is 5.13. The van der Waals surface area contributed by atoms with E-state index in [1.54, 1.807) is 0 Å². The van der Waals surface area contributed by atoms with Gasteiger partial charge in [0.25, 0.3) is 0 Å². The van der Waals surface area contributed by atoms with Crippen molar-refractivity contribution in [3.05, 3.63) is 34.8 Å². The first-order valence-electron chi connectivity index (χ1n) is 6.97. The van der Waals surface area contributed by atoms with E-state index in [1.807, 2.05) is 0 Å². The summed E-state index contributed by atoms with van der Waals surface area (Å²) in [6.45, 7) is 4.52. The summed E-state index contributed by atoms with van der Waals surface area (Å²) >= 11 is 0. The molecule has 0 N–H and O–H groups in total. The third kappa shape index (κ3) is 2.77. The normalized spacial score (nSPS) is 16.1. The van der Waals surface area contributed by atoms with Gasteiger partial charge in [-0.2, -0.15) is 0 Å². The zero-order valence-corrected chi connectivity index (χ0v) is 11.1. The average molecular weight is 229 g/mol. The highest BCUT2D eigenvalue weighted by Crippen LogP contribution is 2.28. The van der Waals surface area contributed by atoms with Gasteiger partial charge in [0.2, 0.25) is 0 Å². The predicted molar refractivity (Wildman–Crippen MR) is 73.5 cm³/mol. The molecule has 0 radical (unpaired) electrons. The number of rotatable bonds is 6. The lowest BCUT2D eigenvalue weighted by Gasteiger charge is -2.24. The maximum absolute atomic E-state index is 5.00. The molecule has 0 aromatic heterocycles. The number of hydrogen-bond acceptors (Lipinski definition) is 1. The molecule has 0 fully saturated rings. The molecule has 92 valence electrons. The zero-order valence-electron chi connectivity index (χ0n) is 11.1. The Morgan fingerprint density at radius 2 is 1.65 bits per heavy atom. The summed E-state index contributed by atoms with van der Waals surface area (Å²) < 4.78 is 0. The summed E-state index contributed by atoms with van der Waals surface area (Å²) in [5.41, 5.74) is 0.107. The number of para-hydroxylation sites is 1. The van der Waals surface area contributed by atoms with Gasteiger partial charge in [-0.1, -0.05) is 57.7 Å². The largest absolute Gasteiger partial charge is 0.274 e. The molecule has 1 aliphatic heterocycles. The molecule has 0 spiro atoms. The van der Waals surface area contributed by atoms with E-state index in [0.717, 1.165) is 0 Å². The van der Waals surface area contributed by atoms with Gasteiger partial charge in [-0.15, -0.1) is 0 Å². The van der Waals surface area contributed by atoms with Crippen molar-refractivity contribution in [3.63, 3.8) is 0 Å². The van der Waals surface area contributed by atoms with E-state index < -0.39 is 0 Å². The van der Waals surface area contributed by atoms with E-state index in [1.165, 1.54) is 49.1 Å². The Hall–Kier alpha value is -1.11. The van der Waals surface area contributed by atoms with Crippen LogP contribution >= 0.6 is 0 Å². The van der Waals surface area contributed by atoms with Crippen LogP contribution in [0.4, 0.5) is 0 Å². The Balaban J connectivity index is 2.28. The molecule has 1 aliphatic rings. The van der Waals surface area contributed by atoms with Crippen LogP contribution < -0.4 is 10.6 Å². The second kappa shape index (κ2) is 5.48. The van der Waals surface area contributed by atoms with Gasteiger partial charge in [-0.25, -0.2) is 0 Å². The highest BCUT2D eigenvalue weighted by Gasteiger charge is 2.27. The van der Waals surface area contributed by atoms with Crippen molar-refractivity contribution in [2.24, 2.45) is 4.99 Å². The maximum Gasteiger partial charge on any atom is 0.0804 e. The summed E-state index contributed by atoms with van der Waals surface area (Å²) in [4.78, 5) is 5.00. The minimum absolute atomic E-state index is 0.107. The van der Waals surface area contributed by atoms with Gasteiger partial charge in [0.15, 0.2) is 0 Å². The van der Waals surface area contributed by atoms with Gasteiger partial charge >= 0.3 is 0 Å². The minimum atomic E-state index is 0.107. The van der Waals surface area contributed by atoms with Crippen LogP contribution in [0.2, 0.25) is 0 Å². The lowest BCUT2D eigenvalue weighted by molar-refractivity contribution is 0.442. The molecular formula is C16H23N. The third-order valence-electron chi connectivity index (χ3n) is 3.63. The zero-order chi connectivity index (χ0) is 12.1. The van der Waals surface area contributed by atoms with Crippen LogP contribution in [0.5, 0.6) is 0 Å². The van der Waals surface area contributed by atoms with Crippen molar-refractivity contribution >= 4 is 6.08 Å². The fourth-order valence-electron chi connectivity index (χ4n) is 2.62. The average Bonchev–Trinajstić information content (AvgIpc) is 2.73. The quantitative estimate of drug-likeness (QED) is 0.710. The molecule has 1 aromatic rings. The Morgan fingerprint density at radius 3 is 2.24 bits per heavy atom. The van der Waals surface area contributed by atoms with E-state index >= 15 is 0 Å². The molecule has 1 aromatic carbocycles. The van der Waals surface area contributed by atoms with Crippen molar-refractivity contribution in [3.8, 4) is 0 Å². The first-order valence-corrected chi connectivity index (χ1v) is 6.97. The summed E-state index contributed by atoms with van der Waals surface area (Å²) in [7, 11) is 0. The number of nitrogens with zero attached hydrogens (tertiary/aromatic N) is 1. The summed E-state index contributed by atoms with van der Waals surface area (Å²) in [5.74, 6) is 0. The lowest BCUT2D eigenvalue weighted by Crippen LogP contribution is -2.22. The molecule has 0 atom stereocenters. The molecule has 1 heterocycles. The van der Waals surface area contributed by atoms with E-state index in [4.69, 9.17) is 4.99 Å². The third-order valence-corrected chi connectivity index (χ3v) is 3.63. The highest BCUT2D eigenvalue weighted by atomic mass is 14.9. The van der Waals surface area contributed by atoms with E-state index in [9.17, 15) is 0 Å². The molecule has 1 nitrogen and oxygen atoms in total. The molecule has 0 bridgehead atoms. The van der Waals surface area contributed by atoms with E-state index in [-0.39, 0.29) is 5.54 Å². The van der Waals surface area contributed by atoms with Crippen LogP contribution in [-0.2, 0) is 0 Å². The number of hydrogen-bond donors (Lipinski definition) is 0. The lowest BCUT2D eigenvalue weighted by atomic mass is 9.88. The molecule has 0 saturated carbocycles. The fourth-order valence-corrected chi connectivity index (χ4v) is 2.62. The van der Waals surface area contributed by atoms with Crippen LogP contribution in [0.15, 0.2) is 29.3 Å². The van der Waals surface area contributed by atoms with Gasteiger partial charge in [0.05, 0.1) is 10.9 Å². The van der Waals surface area contributed by atoms with Gasteiger partial charge in [-0.05, 0) is 30.2 Å². The van der Waals surface area contributed by atoms with Gasteiger partial charge < -0.3 is 0 Å². The minimum Gasteiger partial charge on any atom is -0.274 e. The molecule has 0 saturated heterocycles. The Morgan fingerprint density at radius 1 is 1.00 bits per heavy atom. The Labute approximate surface area is 104 Å². The molecule has 0 aliphatic carbocycles. The molecule has 2 rings (SSSR count). The molecular weight excluding hydrogens is 206 g/mol. The highest BCUT2D eigenvalue weighted by molar-refractivity contribution is 5.41. The van der Waals surface area contributed by atoms with E-state index in [0.29, 0.717) is 0 Å². The van der Waals surface area contributed by atoms with Crippen LogP contribution in [-0.4, -0.2) is 5.54 Å². The van der Waals surface area contributed by atoms with Crippen molar-refractivity contribution in [1.82, 2.24) is 0 Å². The van der Waals surface area contributed by atoms with Crippen molar-refractivity contribution < 1.29 is 0 Å². The van der Waals surface area contributed by atoms with Crippen molar-refractivity contribution in [2.75, 3.05) is 0 Å². The summed E-state index contributed by atoms with van der Waals surface area (Å²) in [6.07, 6.45) is 9.89. The first-order chi connectivity index (χ1) is 8.29. The Kier molecular flexibility index (Phi) is 3.98. The second-order valence-electron chi connectivity index (χ2n) is 5.13. The van der Waals surface area contributed by atoms with Crippen molar-refractivity contribution in [1.29, 1.82) is 0 Å². The monoisotopic (exact) mass is 229 g/mol. The SMILES string of the molecule is CCCCC1(CCCC)C=c2ccccc2=N1. The van der Waals surface area contributed by atoms with Gasteiger partial charge in [0, 0.05) is 0 Å². The molecule has 1 heteroatoms. The fraction of sp³-hybridized carbons (Fsp3) is 0.562. The van der Waals surface area contributed by atoms with Crippen LogP contribution in [0.25, 0.3) is 6.08 Å². The van der Waals surface area contributed by atoms with Gasteiger partial charge in [0.1, 0.15) is 0 Å². The summed E-state index contributed by atoms with van der Waals surface area (Å²) in [5, 5.41) is 2.53. The van der Waals surface area contributed by atoms with Crippen LogP contribution in [0.1, 0.15) is 52.4 Å². The topological polar surface area (TPSA) is 12.4 Å². The van der Waals surface area contributed by atoms with Crippen LogP contribution in [0, 0.1) is 0 Å². The smallest absolute Gasteiger partial charge is 0.0804 e. The van der Waals surface area contributed by atoms with Crippen molar-refractivity contribution in [2.45, 2.75) is 57.9 Å². The molecule has 0 amide bonds. The number of unbranched alkanes of at least 4 members (excludes halogenated alkanes) is 2. The Bertz CT molecular complexity index is 428. The molecule has 17 heavy (non-hydrogen) atoms. The van der Waals surface area contributed by atoms with Crippen LogP contribution in [0.3, 0.4) is 0 Å². The number of fused-ring (bicyclic) bond motifs is 1. The molecule has 0 unspecified atom stereocenters. The summed E-state index contributed by atoms with van der Waals surface area (Å²) in [6, 6.07) is 8.54. The maximum atomic E-state index is 5.00. The van der Waals surface area contributed by atoms with E-state index in [2.05, 4.69) is 44.2 Å². The standard InChI is InChI=1S/C16H23N/c1-3-5-11-16(12-6-4-2)13-14-9-7-8-10-15(14)17-16/h7-10,13H,3-6,11-12H2,1-2H3.